The van der Waals surface area contributed by atoms with Crippen LogP contribution in [0.15, 0.2) is 51.8 Å². The fourth-order valence-corrected chi connectivity index (χ4v) is 3.06. The normalized spacial score (nSPS) is 13.5. The van der Waals surface area contributed by atoms with Gasteiger partial charge in [0.1, 0.15) is 5.84 Å². The van der Waals surface area contributed by atoms with Crippen LogP contribution in [-0.2, 0) is 4.79 Å². The Bertz CT molecular complexity index is 620. The molecular formula is C20H26N2OS. The summed E-state index contributed by atoms with van der Waals surface area (Å²) in [7, 11) is 0. The predicted octanol–water partition coefficient (Wildman–Crippen LogP) is 5.54. The van der Waals surface area contributed by atoms with E-state index < -0.39 is 0 Å². The van der Waals surface area contributed by atoms with Gasteiger partial charge in [0.15, 0.2) is 0 Å². The van der Waals surface area contributed by atoms with E-state index in [0.717, 1.165) is 29.7 Å². The molecule has 0 aliphatic carbocycles. The van der Waals surface area contributed by atoms with Crippen molar-refractivity contribution in [3.8, 4) is 0 Å². The van der Waals surface area contributed by atoms with Crippen LogP contribution in [0.4, 0.5) is 0 Å². The van der Waals surface area contributed by atoms with Crippen molar-refractivity contribution in [2.24, 2.45) is 4.40 Å². The first kappa shape index (κ1) is 18.5. The predicted molar refractivity (Wildman–Crippen MR) is 104 cm³/mol. The van der Waals surface area contributed by atoms with Crippen LogP contribution in [0.5, 0.6) is 0 Å². The van der Waals surface area contributed by atoms with E-state index in [-0.39, 0.29) is 5.91 Å². The Labute approximate surface area is 149 Å². The highest BCUT2D eigenvalue weighted by atomic mass is 32.2. The molecule has 0 radical (unpaired) electrons. The van der Waals surface area contributed by atoms with E-state index in [2.05, 4.69) is 28.8 Å². The van der Waals surface area contributed by atoms with Crippen LogP contribution in [0, 0.1) is 0 Å². The second kappa shape index (κ2) is 10.9. The van der Waals surface area contributed by atoms with Gasteiger partial charge in [0.2, 0.25) is 5.91 Å². The summed E-state index contributed by atoms with van der Waals surface area (Å²) in [5.74, 6) is 0.667. The molecule has 0 fully saturated rings. The van der Waals surface area contributed by atoms with Crippen molar-refractivity contribution in [3.63, 3.8) is 0 Å². The summed E-state index contributed by atoms with van der Waals surface area (Å²) in [5.41, 5.74) is 1.13. The number of hydrogen-bond donors (Lipinski definition) is 1. The highest BCUT2D eigenvalue weighted by Gasteiger charge is 2.08. The highest BCUT2D eigenvalue weighted by molar-refractivity contribution is 7.98. The highest BCUT2D eigenvalue weighted by Crippen LogP contribution is 2.26. The molecule has 128 valence electrons. The molecule has 0 atom stereocenters. The molecule has 1 aliphatic rings. The van der Waals surface area contributed by atoms with E-state index in [4.69, 9.17) is 0 Å². The maximum absolute atomic E-state index is 12.0. The zero-order chi connectivity index (χ0) is 17.0. The number of carbonyl (C=O) groups excluding carboxylic acids is 1. The van der Waals surface area contributed by atoms with Gasteiger partial charge < -0.3 is 5.32 Å². The molecule has 1 N–H and O–H groups in total. The topological polar surface area (TPSA) is 41.5 Å². The van der Waals surface area contributed by atoms with E-state index >= 15 is 0 Å². The first-order valence-corrected chi connectivity index (χ1v) is 9.54. The van der Waals surface area contributed by atoms with Gasteiger partial charge in [-0.3, -0.25) is 4.79 Å². The number of carbonyl (C=O) groups is 1. The van der Waals surface area contributed by atoms with Crippen LogP contribution in [0.2, 0.25) is 0 Å². The van der Waals surface area contributed by atoms with Gasteiger partial charge in [0.05, 0.1) is 0 Å². The third kappa shape index (κ3) is 6.75. The fraction of sp³-hybridized carbons (Fsp3) is 0.400. The van der Waals surface area contributed by atoms with Gasteiger partial charge in [0.25, 0.3) is 0 Å². The number of nitrogens with zero attached hydrogens (tertiary/aromatic N) is 1. The molecule has 0 saturated heterocycles. The Morgan fingerprint density at radius 2 is 1.92 bits per heavy atom. The molecule has 0 bridgehead atoms. The molecule has 0 saturated carbocycles. The minimum absolute atomic E-state index is 0.0416. The van der Waals surface area contributed by atoms with Gasteiger partial charge in [-0.05, 0) is 43.4 Å². The van der Waals surface area contributed by atoms with Gasteiger partial charge in [-0.15, -0.1) is 0 Å². The van der Waals surface area contributed by atoms with Crippen molar-refractivity contribution < 1.29 is 4.79 Å². The number of rotatable bonds is 8. The summed E-state index contributed by atoms with van der Waals surface area (Å²) in [4.78, 5) is 13.1. The van der Waals surface area contributed by atoms with Crippen LogP contribution in [0.1, 0.15) is 57.4 Å². The first-order chi connectivity index (χ1) is 11.8. The maximum atomic E-state index is 12.0. The summed E-state index contributed by atoms with van der Waals surface area (Å²) in [5, 5.41) is 2.90. The third-order valence-electron chi connectivity index (χ3n) is 3.77. The van der Waals surface area contributed by atoms with E-state index in [1.807, 2.05) is 36.4 Å². The molecule has 1 amide bonds. The summed E-state index contributed by atoms with van der Waals surface area (Å²) < 4.78 is 4.39. The monoisotopic (exact) mass is 342 g/mol. The average Bonchev–Trinajstić information content (AvgIpc) is 2.80. The van der Waals surface area contributed by atoms with Gasteiger partial charge in [-0.1, -0.05) is 56.2 Å². The number of fused-ring (bicyclic) bond motifs is 1. The Morgan fingerprint density at radius 3 is 2.75 bits per heavy atom. The summed E-state index contributed by atoms with van der Waals surface area (Å²) in [6.07, 6.45) is 15.6. The third-order valence-corrected chi connectivity index (χ3v) is 4.62. The standard InChI is InChI=1S/C20H26N2OS/c1-2-3-4-5-6-7-8-9-14-20(23)21-19-16-15-17-12-10-11-13-18(17)24-22-19/h5-6,10-13,15-16H,2-4,7-9,14H2,1H3,(H,21,22,23). The average molecular weight is 343 g/mol. The molecule has 0 spiro atoms. The van der Waals surface area contributed by atoms with Crippen molar-refractivity contribution in [1.82, 2.24) is 5.32 Å². The van der Waals surface area contributed by atoms with Gasteiger partial charge in [0, 0.05) is 23.3 Å². The molecular weight excluding hydrogens is 316 g/mol. The first-order valence-electron chi connectivity index (χ1n) is 8.76. The van der Waals surface area contributed by atoms with E-state index in [9.17, 15) is 4.79 Å². The van der Waals surface area contributed by atoms with Crippen molar-refractivity contribution in [2.75, 3.05) is 0 Å². The van der Waals surface area contributed by atoms with Crippen LogP contribution >= 0.6 is 11.9 Å². The quantitative estimate of drug-likeness (QED) is 0.383. The lowest BCUT2D eigenvalue weighted by molar-refractivity contribution is -0.119. The van der Waals surface area contributed by atoms with Gasteiger partial charge in [-0.25, -0.2) is 0 Å². The molecule has 1 aromatic rings. The van der Waals surface area contributed by atoms with Crippen LogP contribution in [0.25, 0.3) is 6.08 Å². The molecule has 3 nitrogen and oxygen atoms in total. The number of nitrogens with one attached hydrogen (secondary N) is 1. The number of amidine groups is 1. The van der Waals surface area contributed by atoms with Crippen molar-refractivity contribution in [3.05, 3.63) is 48.1 Å². The lowest BCUT2D eigenvalue weighted by Crippen LogP contribution is -2.28. The lowest BCUT2D eigenvalue weighted by atomic mass is 10.1. The second-order valence-corrected chi connectivity index (χ2v) is 6.65. The minimum atomic E-state index is 0.0416. The molecule has 4 heteroatoms. The number of unbranched alkanes of at least 4 members (excludes halogenated alkanes) is 4. The molecule has 1 heterocycles. The molecule has 1 aliphatic heterocycles. The Morgan fingerprint density at radius 1 is 1.12 bits per heavy atom. The van der Waals surface area contributed by atoms with E-state index in [0.29, 0.717) is 12.3 Å². The zero-order valence-electron chi connectivity index (χ0n) is 14.3. The number of benzene rings is 1. The fourth-order valence-electron chi connectivity index (χ4n) is 2.37. The summed E-state index contributed by atoms with van der Waals surface area (Å²) in [6, 6.07) is 8.08. The minimum Gasteiger partial charge on any atom is -0.310 e. The number of hydrogen-bond acceptors (Lipinski definition) is 3. The largest absolute Gasteiger partial charge is 0.310 e. The SMILES string of the molecule is CCCCC=CCCCCC(=O)NC1=NSc2ccccc2C=C1. The molecule has 0 unspecified atom stereocenters. The molecule has 2 rings (SSSR count). The summed E-state index contributed by atoms with van der Waals surface area (Å²) >= 11 is 1.40. The van der Waals surface area contributed by atoms with Crippen molar-refractivity contribution >= 4 is 29.8 Å². The molecule has 0 aromatic heterocycles. The molecule has 1 aromatic carbocycles. The maximum Gasteiger partial charge on any atom is 0.225 e. The lowest BCUT2D eigenvalue weighted by Gasteiger charge is -2.03. The van der Waals surface area contributed by atoms with Crippen molar-refractivity contribution in [1.29, 1.82) is 0 Å². The Kier molecular flexibility index (Phi) is 8.39. The Balaban J connectivity index is 1.66. The van der Waals surface area contributed by atoms with E-state index in [1.165, 1.54) is 31.2 Å². The van der Waals surface area contributed by atoms with Crippen LogP contribution < -0.4 is 5.32 Å². The molecule has 24 heavy (non-hydrogen) atoms. The smallest absolute Gasteiger partial charge is 0.225 e. The van der Waals surface area contributed by atoms with Crippen LogP contribution in [0.3, 0.4) is 0 Å². The Hall–Kier alpha value is -1.81. The second-order valence-electron chi connectivity index (χ2n) is 5.85. The van der Waals surface area contributed by atoms with Gasteiger partial charge in [-0.2, -0.15) is 4.40 Å². The number of amides is 1. The summed E-state index contributed by atoms with van der Waals surface area (Å²) in [6.45, 7) is 2.21. The van der Waals surface area contributed by atoms with Crippen LogP contribution in [-0.4, -0.2) is 11.7 Å². The van der Waals surface area contributed by atoms with E-state index in [1.54, 1.807) is 0 Å². The number of allylic oxidation sites excluding steroid dienone is 2. The van der Waals surface area contributed by atoms with Gasteiger partial charge >= 0.3 is 0 Å². The van der Waals surface area contributed by atoms with Crippen molar-refractivity contribution in [2.45, 2.75) is 56.8 Å². The zero-order valence-corrected chi connectivity index (χ0v) is 15.1.